The Morgan fingerprint density at radius 2 is 2.13 bits per heavy atom. The van der Waals surface area contributed by atoms with Crippen molar-refractivity contribution in [1.29, 1.82) is 0 Å². The van der Waals surface area contributed by atoms with Crippen molar-refractivity contribution in [2.75, 3.05) is 47.4 Å². The number of ether oxygens (including phenoxy) is 1. The maximum Gasteiger partial charge on any atom is 0.234 e. The van der Waals surface area contributed by atoms with Crippen LogP contribution in [0.4, 0.5) is 0 Å². The Morgan fingerprint density at radius 3 is 2.67 bits per heavy atom. The van der Waals surface area contributed by atoms with Gasteiger partial charge in [0.05, 0.1) is 13.2 Å². The summed E-state index contributed by atoms with van der Waals surface area (Å²) in [7, 11) is 5.63. The maximum absolute atomic E-state index is 11.3. The molecule has 1 amide bonds. The van der Waals surface area contributed by atoms with Crippen LogP contribution in [0.5, 0.6) is 0 Å². The van der Waals surface area contributed by atoms with E-state index in [1.165, 1.54) is 0 Å². The zero-order valence-corrected chi connectivity index (χ0v) is 10.2. The van der Waals surface area contributed by atoms with E-state index >= 15 is 0 Å². The fourth-order valence-corrected chi connectivity index (χ4v) is 1.12. The van der Waals surface area contributed by atoms with Crippen LogP contribution >= 0.6 is 0 Å². The summed E-state index contributed by atoms with van der Waals surface area (Å²) in [4.78, 5) is 13.4. The Bertz CT molecular complexity index is 174. The molecular formula is C10H23N3O2. The predicted octanol–water partition coefficient (Wildman–Crippen LogP) is -0.711. The number of likely N-dealkylation sites (N-methyl/N-ethyl adjacent to an activating group) is 1. The second-order valence-electron chi connectivity index (χ2n) is 3.90. The SMILES string of the molecule is COCC(C)NC(=O)CNCCN(C)C. The lowest BCUT2D eigenvalue weighted by molar-refractivity contribution is -0.121. The van der Waals surface area contributed by atoms with Crippen LogP contribution in [0.25, 0.3) is 0 Å². The summed E-state index contributed by atoms with van der Waals surface area (Å²) in [5.41, 5.74) is 0. The lowest BCUT2D eigenvalue weighted by Crippen LogP contribution is -2.42. The van der Waals surface area contributed by atoms with Crippen molar-refractivity contribution in [2.24, 2.45) is 0 Å². The predicted molar refractivity (Wildman–Crippen MR) is 60.9 cm³/mol. The molecule has 0 aromatic heterocycles. The molecule has 0 spiro atoms. The monoisotopic (exact) mass is 217 g/mol. The summed E-state index contributed by atoms with van der Waals surface area (Å²) in [6, 6.07) is 0.0677. The van der Waals surface area contributed by atoms with Crippen molar-refractivity contribution in [3.05, 3.63) is 0 Å². The summed E-state index contributed by atoms with van der Waals surface area (Å²) >= 11 is 0. The van der Waals surface area contributed by atoms with E-state index in [9.17, 15) is 4.79 Å². The van der Waals surface area contributed by atoms with Gasteiger partial charge >= 0.3 is 0 Å². The van der Waals surface area contributed by atoms with Crippen LogP contribution < -0.4 is 10.6 Å². The molecule has 0 fully saturated rings. The molecule has 1 unspecified atom stereocenters. The van der Waals surface area contributed by atoms with E-state index < -0.39 is 0 Å². The molecule has 0 rings (SSSR count). The Hall–Kier alpha value is -0.650. The number of rotatable bonds is 8. The normalized spacial score (nSPS) is 12.9. The van der Waals surface area contributed by atoms with Gasteiger partial charge in [0, 0.05) is 26.2 Å². The molecule has 5 nitrogen and oxygen atoms in total. The number of hydrogen-bond acceptors (Lipinski definition) is 4. The summed E-state index contributed by atoms with van der Waals surface area (Å²) in [5, 5.41) is 5.90. The first kappa shape index (κ1) is 14.3. The highest BCUT2D eigenvalue weighted by Gasteiger charge is 2.05. The molecular weight excluding hydrogens is 194 g/mol. The minimum atomic E-state index is 0.0123. The standard InChI is InChI=1S/C10H23N3O2/c1-9(8-15-4)12-10(14)7-11-5-6-13(2)3/h9,11H,5-8H2,1-4H3,(H,12,14). The molecule has 0 saturated carbocycles. The summed E-state index contributed by atoms with van der Waals surface area (Å²) < 4.78 is 4.92. The lowest BCUT2D eigenvalue weighted by Gasteiger charge is -2.14. The smallest absolute Gasteiger partial charge is 0.234 e. The van der Waals surface area contributed by atoms with Crippen molar-refractivity contribution in [3.8, 4) is 0 Å². The molecule has 0 aliphatic heterocycles. The van der Waals surface area contributed by atoms with Crippen molar-refractivity contribution < 1.29 is 9.53 Å². The number of carbonyl (C=O) groups is 1. The van der Waals surface area contributed by atoms with Crippen LogP contribution in [-0.2, 0) is 9.53 Å². The van der Waals surface area contributed by atoms with Crippen LogP contribution in [0.1, 0.15) is 6.92 Å². The number of methoxy groups -OCH3 is 1. The first-order valence-electron chi connectivity index (χ1n) is 5.20. The van der Waals surface area contributed by atoms with Crippen molar-refractivity contribution in [1.82, 2.24) is 15.5 Å². The van der Waals surface area contributed by atoms with Gasteiger partial charge in [0.2, 0.25) is 5.91 Å². The molecule has 0 aliphatic carbocycles. The fourth-order valence-electron chi connectivity index (χ4n) is 1.12. The minimum absolute atomic E-state index is 0.0123. The van der Waals surface area contributed by atoms with E-state index in [1.54, 1.807) is 7.11 Å². The molecule has 0 aromatic rings. The Balaban J connectivity index is 3.40. The van der Waals surface area contributed by atoms with Gasteiger partial charge in [0.1, 0.15) is 0 Å². The largest absolute Gasteiger partial charge is 0.383 e. The molecule has 2 N–H and O–H groups in total. The number of nitrogens with one attached hydrogen (secondary N) is 2. The maximum atomic E-state index is 11.3. The van der Waals surface area contributed by atoms with Crippen LogP contribution in [0, 0.1) is 0 Å². The van der Waals surface area contributed by atoms with Crippen LogP contribution in [0.2, 0.25) is 0 Å². The van der Waals surface area contributed by atoms with Crippen molar-refractivity contribution in [3.63, 3.8) is 0 Å². The van der Waals surface area contributed by atoms with Gasteiger partial charge in [-0.05, 0) is 21.0 Å². The van der Waals surface area contributed by atoms with Crippen LogP contribution in [-0.4, -0.2) is 64.3 Å². The molecule has 0 aliphatic rings. The molecule has 0 bridgehead atoms. The number of amides is 1. The summed E-state index contributed by atoms with van der Waals surface area (Å²) in [6.07, 6.45) is 0. The van der Waals surface area contributed by atoms with Crippen LogP contribution in [0.3, 0.4) is 0 Å². The zero-order valence-electron chi connectivity index (χ0n) is 10.2. The van der Waals surface area contributed by atoms with Gasteiger partial charge in [-0.1, -0.05) is 0 Å². The quantitative estimate of drug-likeness (QED) is 0.527. The Kier molecular flexibility index (Phi) is 8.27. The molecule has 0 radical (unpaired) electrons. The Labute approximate surface area is 92.2 Å². The molecule has 15 heavy (non-hydrogen) atoms. The van der Waals surface area contributed by atoms with E-state index in [1.807, 2.05) is 21.0 Å². The van der Waals surface area contributed by atoms with E-state index in [-0.39, 0.29) is 11.9 Å². The fraction of sp³-hybridized carbons (Fsp3) is 0.900. The van der Waals surface area contributed by atoms with E-state index in [0.717, 1.165) is 13.1 Å². The van der Waals surface area contributed by atoms with Gasteiger partial charge in [0.15, 0.2) is 0 Å². The number of hydrogen-bond donors (Lipinski definition) is 2. The zero-order chi connectivity index (χ0) is 11.7. The average molecular weight is 217 g/mol. The van der Waals surface area contributed by atoms with Gasteiger partial charge < -0.3 is 20.3 Å². The highest BCUT2D eigenvalue weighted by molar-refractivity contribution is 5.78. The summed E-state index contributed by atoms with van der Waals surface area (Å²) in [5.74, 6) is 0.0123. The molecule has 0 saturated heterocycles. The van der Waals surface area contributed by atoms with Gasteiger partial charge in [-0.2, -0.15) is 0 Å². The third-order valence-electron chi connectivity index (χ3n) is 1.85. The third-order valence-corrected chi connectivity index (χ3v) is 1.85. The topological polar surface area (TPSA) is 53.6 Å². The lowest BCUT2D eigenvalue weighted by atomic mass is 10.3. The number of nitrogens with zero attached hydrogens (tertiary/aromatic N) is 1. The van der Waals surface area contributed by atoms with E-state index in [0.29, 0.717) is 13.2 Å². The van der Waals surface area contributed by atoms with Crippen molar-refractivity contribution >= 4 is 5.91 Å². The van der Waals surface area contributed by atoms with E-state index in [4.69, 9.17) is 4.74 Å². The van der Waals surface area contributed by atoms with Gasteiger partial charge in [0.25, 0.3) is 0 Å². The molecule has 1 atom stereocenters. The van der Waals surface area contributed by atoms with Gasteiger partial charge in [-0.3, -0.25) is 4.79 Å². The second kappa shape index (κ2) is 8.64. The summed E-state index contributed by atoms with van der Waals surface area (Å²) in [6.45, 7) is 4.58. The highest BCUT2D eigenvalue weighted by Crippen LogP contribution is 1.81. The van der Waals surface area contributed by atoms with Gasteiger partial charge in [-0.15, -0.1) is 0 Å². The Morgan fingerprint density at radius 1 is 1.47 bits per heavy atom. The van der Waals surface area contributed by atoms with Crippen molar-refractivity contribution in [2.45, 2.75) is 13.0 Å². The molecule has 0 aromatic carbocycles. The number of carbonyl (C=O) groups excluding carboxylic acids is 1. The molecule has 5 heteroatoms. The first-order valence-corrected chi connectivity index (χ1v) is 5.20. The first-order chi connectivity index (χ1) is 7.06. The second-order valence-corrected chi connectivity index (χ2v) is 3.90. The van der Waals surface area contributed by atoms with Gasteiger partial charge in [-0.25, -0.2) is 0 Å². The highest BCUT2D eigenvalue weighted by atomic mass is 16.5. The minimum Gasteiger partial charge on any atom is -0.383 e. The molecule has 0 heterocycles. The van der Waals surface area contributed by atoms with Crippen LogP contribution in [0.15, 0.2) is 0 Å². The third kappa shape index (κ3) is 9.65. The van der Waals surface area contributed by atoms with E-state index in [2.05, 4.69) is 15.5 Å². The molecule has 90 valence electrons. The average Bonchev–Trinajstić information content (AvgIpc) is 2.12.